The largest absolute Gasteiger partial charge is 0.310 e. The van der Waals surface area contributed by atoms with Gasteiger partial charge in [0, 0.05) is 17.1 Å². The van der Waals surface area contributed by atoms with Gasteiger partial charge in [0.05, 0.1) is 0 Å². The summed E-state index contributed by atoms with van der Waals surface area (Å²) in [6.45, 7) is 0. The average molecular weight is 668 g/mol. The van der Waals surface area contributed by atoms with Crippen molar-refractivity contribution in [3.63, 3.8) is 0 Å². The van der Waals surface area contributed by atoms with Crippen LogP contribution in [0.25, 0.3) is 66.1 Å². The summed E-state index contributed by atoms with van der Waals surface area (Å²) in [5.41, 5.74) is 12.0. The van der Waals surface area contributed by atoms with Crippen molar-refractivity contribution in [3.8, 4) is 44.5 Å². The number of halogens is 1. The van der Waals surface area contributed by atoms with E-state index in [1.54, 1.807) is 12.1 Å². The van der Waals surface area contributed by atoms with Crippen molar-refractivity contribution in [2.75, 3.05) is 4.90 Å². The van der Waals surface area contributed by atoms with Gasteiger partial charge in [0.25, 0.3) is 0 Å². The average Bonchev–Trinajstić information content (AvgIpc) is 3.21. The highest BCUT2D eigenvalue weighted by atomic mass is 19.1. The van der Waals surface area contributed by atoms with Crippen molar-refractivity contribution >= 4 is 38.6 Å². The van der Waals surface area contributed by atoms with Gasteiger partial charge in [0.2, 0.25) is 0 Å². The number of hydrogen-bond donors (Lipinski definition) is 0. The van der Waals surface area contributed by atoms with Crippen LogP contribution in [0, 0.1) is 5.82 Å². The Kier molecular flexibility index (Phi) is 8.11. The second-order valence-electron chi connectivity index (χ2n) is 13.1. The highest BCUT2D eigenvalue weighted by Crippen LogP contribution is 2.41. The predicted octanol–water partition coefficient (Wildman–Crippen LogP) is 14.3. The Morgan fingerprint density at radius 2 is 0.808 bits per heavy atom. The number of rotatable bonds is 7. The molecule has 2 heteroatoms. The molecule has 0 aliphatic heterocycles. The van der Waals surface area contributed by atoms with E-state index in [9.17, 15) is 4.39 Å². The Morgan fingerprint density at radius 1 is 0.308 bits per heavy atom. The first-order valence-corrected chi connectivity index (χ1v) is 17.6. The number of nitrogens with zero attached hydrogens (tertiary/aromatic N) is 1. The molecule has 0 fully saturated rings. The lowest BCUT2D eigenvalue weighted by atomic mass is 9.91. The molecule has 0 atom stereocenters. The maximum Gasteiger partial charge on any atom is 0.123 e. The van der Waals surface area contributed by atoms with Crippen LogP contribution < -0.4 is 4.90 Å². The van der Waals surface area contributed by atoms with E-state index < -0.39 is 0 Å². The fourth-order valence-electron chi connectivity index (χ4n) is 7.44. The van der Waals surface area contributed by atoms with E-state index in [0.29, 0.717) is 0 Å². The summed E-state index contributed by atoms with van der Waals surface area (Å²) >= 11 is 0. The zero-order valence-electron chi connectivity index (χ0n) is 28.5. The molecule has 0 N–H and O–H groups in total. The normalized spacial score (nSPS) is 11.2. The summed E-state index contributed by atoms with van der Waals surface area (Å²) in [4.78, 5) is 2.33. The van der Waals surface area contributed by atoms with E-state index in [1.165, 1.54) is 33.5 Å². The molecule has 0 heterocycles. The molecule has 9 rings (SSSR count). The molecule has 0 aliphatic carbocycles. The number of hydrogen-bond acceptors (Lipinski definition) is 1. The van der Waals surface area contributed by atoms with Gasteiger partial charge in [-0.1, -0.05) is 158 Å². The molecule has 52 heavy (non-hydrogen) atoms. The first-order chi connectivity index (χ1) is 25.7. The number of benzene rings is 9. The SMILES string of the molecule is Fc1cccc(-c2cccc3cccc(-c4ccc(N(c5ccc(-c6ccccc6)cc5)c5cccc(-c6cccc7ccccc67)c5)cc4)c23)c1. The highest BCUT2D eigenvalue weighted by molar-refractivity contribution is 6.06. The van der Waals surface area contributed by atoms with Gasteiger partial charge >= 0.3 is 0 Å². The minimum atomic E-state index is -0.238. The van der Waals surface area contributed by atoms with Crippen LogP contribution in [-0.4, -0.2) is 0 Å². The zero-order valence-corrected chi connectivity index (χ0v) is 28.5. The minimum Gasteiger partial charge on any atom is -0.310 e. The molecular weight excluding hydrogens is 634 g/mol. The molecular formula is C50H34FN. The van der Waals surface area contributed by atoms with E-state index in [0.717, 1.165) is 55.7 Å². The van der Waals surface area contributed by atoms with E-state index in [4.69, 9.17) is 0 Å². The molecule has 0 amide bonds. The number of fused-ring (bicyclic) bond motifs is 2. The van der Waals surface area contributed by atoms with Crippen molar-refractivity contribution in [2.24, 2.45) is 0 Å². The van der Waals surface area contributed by atoms with E-state index in [2.05, 4.69) is 175 Å². The third-order valence-electron chi connectivity index (χ3n) is 9.91. The lowest BCUT2D eigenvalue weighted by Gasteiger charge is -2.26. The molecule has 0 aromatic heterocycles. The summed E-state index contributed by atoms with van der Waals surface area (Å²) < 4.78 is 14.4. The standard InChI is InChI=1S/C50H34FN/c51-42-19-6-17-40(33-42)49-24-10-16-39-15-9-23-48(50(39)49)38-27-31-44(32-28-38)52(43-29-25-36(26-30-43)35-11-2-1-3-12-35)45-20-7-18-41(34-45)47-22-8-14-37-13-4-5-21-46(37)47/h1-34H. The van der Waals surface area contributed by atoms with Crippen LogP contribution in [0.2, 0.25) is 0 Å². The summed E-state index contributed by atoms with van der Waals surface area (Å²) in [7, 11) is 0. The Balaban J connectivity index is 1.16. The number of anilines is 3. The van der Waals surface area contributed by atoms with Crippen LogP contribution in [-0.2, 0) is 0 Å². The Bertz CT molecular complexity index is 2670. The van der Waals surface area contributed by atoms with Crippen LogP contribution in [0.4, 0.5) is 21.5 Å². The summed E-state index contributed by atoms with van der Waals surface area (Å²) in [6, 6.07) is 71.5. The van der Waals surface area contributed by atoms with E-state index in [-0.39, 0.29) is 5.82 Å². The topological polar surface area (TPSA) is 3.24 Å². The smallest absolute Gasteiger partial charge is 0.123 e. The van der Waals surface area contributed by atoms with Crippen LogP contribution >= 0.6 is 0 Å². The molecule has 9 aromatic rings. The molecule has 1 nitrogen and oxygen atoms in total. The van der Waals surface area contributed by atoms with Gasteiger partial charge in [-0.25, -0.2) is 4.39 Å². The Hall–Kier alpha value is -6.77. The van der Waals surface area contributed by atoms with Crippen molar-refractivity contribution in [3.05, 3.63) is 212 Å². The van der Waals surface area contributed by atoms with Gasteiger partial charge in [-0.15, -0.1) is 0 Å². The van der Waals surface area contributed by atoms with E-state index in [1.807, 2.05) is 18.2 Å². The van der Waals surface area contributed by atoms with Crippen LogP contribution in [0.15, 0.2) is 206 Å². The Morgan fingerprint density at radius 3 is 1.52 bits per heavy atom. The minimum absolute atomic E-state index is 0.238. The third kappa shape index (κ3) is 5.91. The maximum absolute atomic E-state index is 14.4. The van der Waals surface area contributed by atoms with Gasteiger partial charge in [-0.2, -0.15) is 0 Å². The predicted molar refractivity (Wildman–Crippen MR) is 218 cm³/mol. The molecule has 0 aliphatic rings. The van der Waals surface area contributed by atoms with Crippen molar-refractivity contribution in [1.82, 2.24) is 0 Å². The monoisotopic (exact) mass is 667 g/mol. The molecule has 0 radical (unpaired) electrons. The van der Waals surface area contributed by atoms with Gasteiger partial charge in [-0.05, 0) is 115 Å². The van der Waals surface area contributed by atoms with Gasteiger partial charge in [-0.3, -0.25) is 0 Å². The lowest BCUT2D eigenvalue weighted by Crippen LogP contribution is -2.10. The Labute approximate surface area is 303 Å². The molecule has 0 saturated carbocycles. The third-order valence-corrected chi connectivity index (χ3v) is 9.91. The van der Waals surface area contributed by atoms with E-state index >= 15 is 0 Å². The summed E-state index contributed by atoms with van der Waals surface area (Å²) in [5, 5.41) is 4.69. The van der Waals surface area contributed by atoms with Gasteiger partial charge in [0.15, 0.2) is 0 Å². The van der Waals surface area contributed by atoms with Gasteiger partial charge in [0.1, 0.15) is 5.82 Å². The molecule has 0 spiro atoms. The molecule has 0 unspecified atom stereocenters. The molecule has 9 aromatic carbocycles. The van der Waals surface area contributed by atoms with Crippen molar-refractivity contribution < 1.29 is 4.39 Å². The van der Waals surface area contributed by atoms with Crippen molar-refractivity contribution in [2.45, 2.75) is 0 Å². The van der Waals surface area contributed by atoms with Crippen LogP contribution in [0.5, 0.6) is 0 Å². The second-order valence-corrected chi connectivity index (χ2v) is 13.1. The first kappa shape index (κ1) is 31.2. The maximum atomic E-state index is 14.4. The second kappa shape index (κ2) is 13.5. The molecule has 0 bridgehead atoms. The quantitative estimate of drug-likeness (QED) is 0.163. The molecule has 246 valence electrons. The summed E-state index contributed by atoms with van der Waals surface area (Å²) in [5.74, 6) is -0.238. The first-order valence-electron chi connectivity index (χ1n) is 17.6. The zero-order chi connectivity index (χ0) is 34.9. The molecule has 0 saturated heterocycles. The van der Waals surface area contributed by atoms with Crippen LogP contribution in [0.1, 0.15) is 0 Å². The van der Waals surface area contributed by atoms with Crippen molar-refractivity contribution in [1.29, 1.82) is 0 Å². The lowest BCUT2D eigenvalue weighted by molar-refractivity contribution is 0.628. The van der Waals surface area contributed by atoms with Crippen LogP contribution in [0.3, 0.4) is 0 Å². The fourth-order valence-corrected chi connectivity index (χ4v) is 7.44. The fraction of sp³-hybridized carbons (Fsp3) is 0. The summed E-state index contributed by atoms with van der Waals surface area (Å²) in [6.07, 6.45) is 0. The van der Waals surface area contributed by atoms with Gasteiger partial charge < -0.3 is 4.90 Å². The highest BCUT2D eigenvalue weighted by Gasteiger charge is 2.16.